The third kappa shape index (κ3) is 8.79. The van der Waals surface area contributed by atoms with Gasteiger partial charge in [0.1, 0.15) is 6.54 Å². The summed E-state index contributed by atoms with van der Waals surface area (Å²) >= 11 is 17.6. The molecule has 0 heterocycles. The monoisotopic (exact) mass is 585 g/mol. The van der Waals surface area contributed by atoms with E-state index in [0.717, 1.165) is 18.2 Å². The van der Waals surface area contributed by atoms with Gasteiger partial charge in [-0.05, 0) is 34.9 Å². The fraction of sp³-hybridized carbons (Fsp3) is 0.280. The number of alkyl halides is 6. The van der Waals surface area contributed by atoms with E-state index in [-0.39, 0.29) is 38.2 Å². The van der Waals surface area contributed by atoms with Gasteiger partial charge in [0.2, 0.25) is 5.91 Å². The van der Waals surface area contributed by atoms with Crippen LogP contribution in [-0.4, -0.2) is 30.6 Å². The summed E-state index contributed by atoms with van der Waals surface area (Å²) in [7, 11) is 0. The average molecular weight is 587 g/mol. The summed E-state index contributed by atoms with van der Waals surface area (Å²) < 4.78 is 78.2. The Labute approximate surface area is 224 Å². The van der Waals surface area contributed by atoms with E-state index in [1.165, 1.54) is 37.3 Å². The number of allylic oxidation sites excluding steroid dienone is 1. The molecule has 0 bridgehead atoms. The summed E-state index contributed by atoms with van der Waals surface area (Å²) in [5.41, 5.74) is 0.474. The molecule has 1 N–H and O–H groups in total. The zero-order valence-corrected chi connectivity index (χ0v) is 21.4. The Hall–Kier alpha value is -2.49. The second-order valence-corrected chi connectivity index (χ2v) is 9.28. The maximum absolute atomic E-state index is 13.8. The van der Waals surface area contributed by atoms with Crippen molar-refractivity contribution in [2.75, 3.05) is 6.54 Å². The molecule has 0 saturated heterocycles. The van der Waals surface area contributed by atoms with Gasteiger partial charge in [-0.25, -0.2) is 0 Å². The number of Topliss-reactive ketones (excluding diaryl/α,β-unsaturated/α-hetero) is 1. The van der Waals surface area contributed by atoms with Gasteiger partial charge in [0.05, 0.1) is 21.0 Å². The Bertz CT molecular complexity index is 1180. The molecule has 2 atom stereocenters. The normalized spacial score (nSPS) is 13.9. The maximum atomic E-state index is 13.8. The van der Waals surface area contributed by atoms with E-state index in [2.05, 4.69) is 6.58 Å². The molecule has 0 aromatic heterocycles. The molecule has 0 saturated carbocycles. The topological polar surface area (TPSA) is 46.2 Å². The fourth-order valence-electron chi connectivity index (χ4n) is 3.32. The molecule has 3 nitrogen and oxygen atoms in total. The van der Waals surface area contributed by atoms with Gasteiger partial charge in [0.25, 0.3) is 0 Å². The third-order valence-corrected chi connectivity index (χ3v) is 6.39. The lowest BCUT2D eigenvalue weighted by atomic mass is 9.93. The van der Waals surface area contributed by atoms with Crippen LogP contribution in [0.3, 0.4) is 0 Å². The van der Waals surface area contributed by atoms with Gasteiger partial charge in [0, 0.05) is 17.9 Å². The minimum absolute atomic E-state index is 0.0694. The lowest BCUT2D eigenvalue weighted by Gasteiger charge is -2.18. The molecule has 37 heavy (non-hydrogen) atoms. The van der Waals surface area contributed by atoms with E-state index in [9.17, 15) is 35.9 Å². The van der Waals surface area contributed by atoms with Crippen molar-refractivity contribution in [2.24, 2.45) is 5.92 Å². The van der Waals surface area contributed by atoms with Gasteiger partial charge in [-0.3, -0.25) is 9.59 Å². The van der Waals surface area contributed by atoms with Gasteiger partial charge in [-0.15, -0.1) is 0 Å². The van der Waals surface area contributed by atoms with Crippen LogP contribution in [0.25, 0.3) is 12.2 Å². The highest BCUT2D eigenvalue weighted by atomic mass is 35.5. The van der Waals surface area contributed by atoms with Crippen LogP contribution in [0.15, 0.2) is 43.0 Å². The predicted octanol–water partition coefficient (Wildman–Crippen LogP) is 8.54. The van der Waals surface area contributed by atoms with Crippen molar-refractivity contribution in [3.63, 3.8) is 0 Å². The number of benzene rings is 2. The van der Waals surface area contributed by atoms with Crippen LogP contribution in [-0.2, 0) is 4.79 Å². The summed E-state index contributed by atoms with van der Waals surface area (Å²) in [4.78, 5) is 24.5. The Morgan fingerprint density at radius 2 is 1.62 bits per heavy atom. The molecule has 200 valence electrons. The summed E-state index contributed by atoms with van der Waals surface area (Å²) in [6.07, 6.45) is -6.25. The number of amides is 1. The smallest absolute Gasteiger partial charge is 0.347 e. The van der Waals surface area contributed by atoms with Crippen molar-refractivity contribution in [1.29, 1.82) is 0 Å². The Morgan fingerprint density at radius 3 is 2.14 bits per heavy atom. The van der Waals surface area contributed by atoms with Gasteiger partial charge >= 0.3 is 12.4 Å². The zero-order valence-electron chi connectivity index (χ0n) is 19.1. The van der Waals surface area contributed by atoms with Crippen LogP contribution in [0.4, 0.5) is 26.3 Å². The molecule has 1 amide bonds. The number of halogens is 9. The Morgan fingerprint density at radius 1 is 1.03 bits per heavy atom. The van der Waals surface area contributed by atoms with Crippen LogP contribution in [0.2, 0.25) is 15.1 Å². The van der Waals surface area contributed by atoms with Crippen LogP contribution in [0.5, 0.6) is 0 Å². The number of hydrogen-bond acceptors (Lipinski definition) is 2. The number of ketones is 1. The zero-order chi connectivity index (χ0) is 28.1. The third-order valence-electron chi connectivity index (χ3n) is 5.20. The molecule has 1 unspecified atom stereocenters. The molecule has 0 fully saturated rings. The van der Waals surface area contributed by atoms with Crippen molar-refractivity contribution >= 4 is 58.6 Å². The number of rotatable bonds is 9. The number of carbonyl (C=O) groups excluding carboxylic acids is 2. The first-order valence-corrected chi connectivity index (χ1v) is 11.7. The van der Waals surface area contributed by atoms with Crippen LogP contribution < -0.4 is 5.32 Å². The number of carbonyl (C=O) groups is 2. The van der Waals surface area contributed by atoms with E-state index in [4.69, 9.17) is 34.8 Å². The van der Waals surface area contributed by atoms with Crippen molar-refractivity contribution < 1.29 is 35.9 Å². The highest BCUT2D eigenvalue weighted by molar-refractivity contribution is 6.48. The second kappa shape index (κ2) is 12.4. The predicted molar refractivity (Wildman–Crippen MR) is 133 cm³/mol. The van der Waals surface area contributed by atoms with E-state index >= 15 is 0 Å². The summed E-state index contributed by atoms with van der Waals surface area (Å²) in [5.74, 6) is -4.59. The molecule has 2 aromatic rings. The Kier molecular flexibility index (Phi) is 10.3. The summed E-state index contributed by atoms with van der Waals surface area (Å²) in [6.45, 7) is 3.38. The maximum Gasteiger partial charge on any atom is 0.405 e. The Balaban J connectivity index is 2.26. The summed E-state index contributed by atoms with van der Waals surface area (Å²) in [6, 6.07) is 6.29. The van der Waals surface area contributed by atoms with Gasteiger partial charge < -0.3 is 5.32 Å². The van der Waals surface area contributed by atoms with E-state index in [0.29, 0.717) is 5.56 Å². The highest BCUT2D eigenvalue weighted by Gasteiger charge is 2.39. The molecule has 2 rings (SSSR count). The molecule has 0 spiro atoms. The molecule has 0 radical (unpaired) electrons. The fourth-order valence-corrected chi connectivity index (χ4v) is 3.93. The second-order valence-electron chi connectivity index (χ2n) is 8.09. The van der Waals surface area contributed by atoms with Crippen molar-refractivity contribution in [3.8, 4) is 0 Å². The minimum atomic E-state index is -4.68. The van der Waals surface area contributed by atoms with E-state index < -0.39 is 42.4 Å². The van der Waals surface area contributed by atoms with Crippen LogP contribution >= 0.6 is 34.8 Å². The SMILES string of the molecule is C=Cc1cc(/C=C/C(c2cc(Cl)c(Cl)c(Cl)c2)C(F)(F)F)ccc1C(=O)C[C@H](C)C(=O)NCC(F)(F)F. The van der Waals surface area contributed by atoms with E-state index in [1.807, 2.05) is 0 Å². The molecule has 0 aliphatic heterocycles. The average Bonchev–Trinajstić information content (AvgIpc) is 2.79. The van der Waals surface area contributed by atoms with E-state index in [1.54, 1.807) is 5.32 Å². The lowest BCUT2D eigenvalue weighted by molar-refractivity contribution is -0.140. The lowest BCUT2D eigenvalue weighted by Crippen LogP contribution is -2.37. The molecule has 2 aromatic carbocycles. The van der Waals surface area contributed by atoms with Crippen molar-refractivity contribution in [1.82, 2.24) is 5.32 Å². The molecule has 0 aliphatic carbocycles. The molecular weight excluding hydrogens is 567 g/mol. The van der Waals surface area contributed by atoms with Gasteiger partial charge in [-0.1, -0.05) is 78.7 Å². The molecular formula is C25H20Cl3F6NO2. The minimum Gasteiger partial charge on any atom is -0.347 e. The standard InChI is InChI=1S/C25H20Cl3F6NO2/c1-3-15-9-14(4-6-17(15)21(36)8-13(2)23(37)35-12-24(29,30)31)5-7-18(25(32,33)34)16-10-19(26)22(28)20(27)11-16/h3-7,9-11,13,18H,1,8,12H2,2H3,(H,35,37)/b7-5+/t13-,18?/m0/s1. The van der Waals surface area contributed by atoms with Crippen LogP contribution in [0, 0.1) is 5.92 Å². The van der Waals surface area contributed by atoms with Crippen molar-refractivity contribution in [3.05, 3.63) is 80.3 Å². The first-order valence-electron chi connectivity index (χ1n) is 10.6. The first kappa shape index (κ1) is 30.7. The van der Waals surface area contributed by atoms with Gasteiger partial charge in [-0.2, -0.15) is 26.3 Å². The van der Waals surface area contributed by atoms with Crippen molar-refractivity contribution in [2.45, 2.75) is 31.6 Å². The molecule has 0 aliphatic rings. The summed E-state index contributed by atoms with van der Waals surface area (Å²) in [5, 5.41) is 1.38. The first-order chi connectivity index (χ1) is 17.0. The quantitative estimate of drug-likeness (QED) is 0.182. The van der Waals surface area contributed by atoms with Crippen LogP contribution in [0.1, 0.15) is 46.3 Å². The van der Waals surface area contributed by atoms with Gasteiger partial charge in [0.15, 0.2) is 5.78 Å². The molecule has 12 heteroatoms. The largest absolute Gasteiger partial charge is 0.405 e. The number of nitrogens with one attached hydrogen (secondary N) is 1. The number of hydrogen-bond donors (Lipinski definition) is 1. The highest BCUT2D eigenvalue weighted by Crippen LogP contribution is 2.41.